The van der Waals surface area contributed by atoms with Gasteiger partial charge < -0.3 is 19.9 Å². The van der Waals surface area contributed by atoms with Gasteiger partial charge in [0, 0.05) is 44.6 Å². The van der Waals surface area contributed by atoms with Crippen molar-refractivity contribution in [2.75, 3.05) is 50.7 Å². The lowest BCUT2D eigenvalue weighted by atomic mass is 10.2. The van der Waals surface area contributed by atoms with Gasteiger partial charge in [-0.25, -0.2) is 0 Å². The predicted molar refractivity (Wildman–Crippen MR) is 103 cm³/mol. The van der Waals surface area contributed by atoms with Crippen molar-refractivity contribution in [3.63, 3.8) is 0 Å². The van der Waals surface area contributed by atoms with Crippen molar-refractivity contribution in [3.8, 4) is 0 Å². The smallest absolute Gasteiger partial charge is 0.358 e. The zero-order valence-electron chi connectivity index (χ0n) is 15.2. The second-order valence-electron chi connectivity index (χ2n) is 7.13. The Morgan fingerprint density at radius 1 is 1.11 bits per heavy atom. The molecule has 2 aromatic heterocycles. The van der Waals surface area contributed by atoms with Crippen LogP contribution in [0.5, 0.6) is 0 Å². The molecule has 0 spiro atoms. The number of thiazole rings is 1. The van der Waals surface area contributed by atoms with E-state index < -0.39 is 0 Å². The van der Waals surface area contributed by atoms with E-state index in [9.17, 15) is 14.9 Å². The van der Waals surface area contributed by atoms with Crippen molar-refractivity contribution in [2.45, 2.75) is 25.7 Å². The third-order valence-electron chi connectivity index (χ3n) is 5.38. The van der Waals surface area contributed by atoms with Crippen molar-refractivity contribution < 1.29 is 9.72 Å². The van der Waals surface area contributed by atoms with Crippen molar-refractivity contribution >= 4 is 33.8 Å². The van der Waals surface area contributed by atoms with Crippen LogP contribution in [0.25, 0.3) is 4.96 Å². The fourth-order valence-corrected chi connectivity index (χ4v) is 4.58. The first-order valence-corrected chi connectivity index (χ1v) is 10.4. The van der Waals surface area contributed by atoms with Gasteiger partial charge in [-0.15, -0.1) is 0 Å². The van der Waals surface area contributed by atoms with Gasteiger partial charge in [0.25, 0.3) is 4.96 Å². The van der Waals surface area contributed by atoms with Crippen LogP contribution in [-0.2, 0) is 4.79 Å². The SMILES string of the molecule is O=C(CN1CCN(c2nc3sccn3c2[N+](=O)[O-])CC1)N1CCCCCC1. The number of nitrogens with zero attached hydrogens (tertiary/aromatic N) is 6. The summed E-state index contributed by atoms with van der Waals surface area (Å²) in [4.78, 5) is 34.9. The summed E-state index contributed by atoms with van der Waals surface area (Å²) < 4.78 is 1.54. The molecule has 2 aliphatic rings. The third kappa shape index (κ3) is 3.77. The molecular weight excluding hydrogens is 368 g/mol. The fourth-order valence-electron chi connectivity index (χ4n) is 3.87. The Labute approximate surface area is 161 Å². The number of aromatic nitrogens is 2. The molecule has 2 aromatic rings. The van der Waals surface area contributed by atoms with E-state index in [0.717, 1.165) is 25.9 Å². The predicted octanol–water partition coefficient (Wildman–Crippen LogP) is 1.83. The molecule has 2 aliphatic heterocycles. The van der Waals surface area contributed by atoms with Gasteiger partial charge in [-0.2, -0.15) is 9.38 Å². The van der Waals surface area contributed by atoms with Crippen LogP contribution >= 0.6 is 11.3 Å². The average molecular weight is 392 g/mol. The molecule has 0 unspecified atom stereocenters. The Morgan fingerprint density at radius 2 is 1.81 bits per heavy atom. The number of carbonyl (C=O) groups is 1. The van der Waals surface area contributed by atoms with Crippen molar-refractivity contribution in [2.24, 2.45) is 0 Å². The second-order valence-corrected chi connectivity index (χ2v) is 8.00. The zero-order chi connectivity index (χ0) is 18.8. The molecule has 4 heterocycles. The molecule has 1 amide bonds. The average Bonchev–Trinajstić information content (AvgIpc) is 3.12. The Balaban J connectivity index is 1.38. The standard InChI is InChI=1S/C17H24N6O3S/c24-14(20-5-3-1-2-4-6-20)13-19-7-9-21(10-8-19)15-16(23(25)26)22-11-12-27-17(22)18-15/h11-12H,1-10,13H2. The molecule has 9 nitrogen and oxygen atoms in total. The molecule has 2 fully saturated rings. The van der Waals surface area contributed by atoms with E-state index in [0.29, 0.717) is 43.5 Å². The highest BCUT2D eigenvalue weighted by Crippen LogP contribution is 2.31. The summed E-state index contributed by atoms with van der Waals surface area (Å²) in [6.07, 6.45) is 6.30. The number of fused-ring (bicyclic) bond motifs is 1. The van der Waals surface area contributed by atoms with Crippen molar-refractivity contribution in [1.29, 1.82) is 0 Å². The number of amides is 1. The number of carbonyl (C=O) groups excluding carboxylic acids is 1. The number of anilines is 1. The minimum atomic E-state index is -0.364. The van der Waals surface area contributed by atoms with E-state index in [1.165, 1.54) is 28.6 Å². The van der Waals surface area contributed by atoms with Crippen LogP contribution in [0.4, 0.5) is 11.6 Å². The maximum atomic E-state index is 12.6. The lowest BCUT2D eigenvalue weighted by Crippen LogP contribution is -2.50. The highest BCUT2D eigenvalue weighted by molar-refractivity contribution is 7.15. The molecule has 4 rings (SSSR count). The number of hydrogen-bond acceptors (Lipinski definition) is 7. The molecule has 0 aromatic carbocycles. The molecule has 0 aliphatic carbocycles. The lowest BCUT2D eigenvalue weighted by Gasteiger charge is -2.35. The van der Waals surface area contributed by atoms with Gasteiger partial charge in [-0.1, -0.05) is 24.2 Å². The van der Waals surface area contributed by atoms with Crippen LogP contribution in [0, 0.1) is 10.1 Å². The molecule has 0 bridgehead atoms. The fraction of sp³-hybridized carbons (Fsp3) is 0.647. The van der Waals surface area contributed by atoms with Gasteiger partial charge in [0.2, 0.25) is 11.7 Å². The summed E-state index contributed by atoms with van der Waals surface area (Å²) in [6.45, 7) is 4.88. The number of piperazine rings is 1. The quantitative estimate of drug-likeness (QED) is 0.583. The summed E-state index contributed by atoms with van der Waals surface area (Å²) >= 11 is 1.39. The lowest BCUT2D eigenvalue weighted by molar-refractivity contribution is -0.389. The molecule has 10 heteroatoms. The van der Waals surface area contributed by atoms with E-state index in [-0.39, 0.29) is 16.6 Å². The normalized spacial score (nSPS) is 19.4. The van der Waals surface area contributed by atoms with Crippen LogP contribution in [0.1, 0.15) is 25.7 Å². The molecule has 2 saturated heterocycles. The van der Waals surface area contributed by atoms with Crippen LogP contribution in [0.2, 0.25) is 0 Å². The van der Waals surface area contributed by atoms with E-state index in [4.69, 9.17) is 0 Å². The van der Waals surface area contributed by atoms with E-state index >= 15 is 0 Å². The van der Waals surface area contributed by atoms with E-state index in [2.05, 4.69) is 9.88 Å². The first kappa shape index (κ1) is 18.2. The monoisotopic (exact) mass is 392 g/mol. The number of nitro groups is 1. The Bertz CT molecular complexity index is 818. The Morgan fingerprint density at radius 3 is 2.48 bits per heavy atom. The van der Waals surface area contributed by atoms with Gasteiger partial charge in [0.1, 0.15) is 6.20 Å². The summed E-state index contributed by atoms with van der Waals surface area (Å²) in [5, 5.41) is 13.3. The number of likely N-dealkylation sites (tertiary alicyclic amines) is 1. The molecule has 0 radical (unpaired) electrons. The molecule has 0 atom stereocenters. The largest absolute Gasteiger partial charge is 0.373 e. The maximum Gasteiger partial charge on any atom is 0.373 e. The second kappa shape index (κ2) is 7.81. The van der Waals surface area contributed by atoms with E-state index in [1.54, 1.807) is 11.6 Å². The number of imidazole rings is 1. The van der Waals surface area contributed by atoms with Crippen molar-refractivity contribution in [3.05, 3.63) is 21.7 Å². The zero-order valence-corrected chi connectivity index (χ0v) is 16.1. The highest BCUT2D eigenvalue weighted by atomic mass is 32.1. The van der Waals surface area contributed by atoms with Gasteiger partial charge in [0.15, 0.2) is 0 Å². The summed E-state index contributed by atoms with van der Waals surface area (Å²) in [6, 6.07) is 0. The molecule has 0 saturated carbocycles. The number of hydrogen-bond donors (Lipinski definition) is 0. The molecule has 27 heavy (non-hydrogen) atoms. The van der Waals surface area contributed by atoms with Gasteiger partial charge in [0.05, 0.1) is 6.54 Å². The van der Waals surface area contributed by atoms with Gasteiger partial charge >= 0.3 is 5.82 Å². The summed E-state index contributed by atoms with van der Waals surface area (Å²) in [5.74, 6) is 0.671. The third-order valence-corrected chi connectivity index (χ3v) is 6.14. The Kier molecular flexibility index (Phi) is 5.26. The number of rotatable bonds is 4. The van der Waals surface area contributed by atoms with Crippen LogP contribution in [0.15, 0.2) is 11.6 Å². The van der Waals surface area contributed by atoms with Crippen molar-refractivity contribution in [1.82, 2.24) is 19.2 Å². The first-order chi connectivity index (χ1) is 13.1. The van der Waals surface area contributed by atoms with Crippen LogP contribution in [-0.4, -0.2) is 75.8 Å². The minimum Gasteiger partial charge on any atom is -0.358 e. The molecule has 146 valence electrons. The van der Waals surface area contributed by atoms with Crippen LogP contribution < -0.4 is 4.90 Å². The summed E-state index contributed by atoms with van der Waals surface area (Å²) in [5.41, 5.74) is 0. The minimum absolute atomic E-state index is 0.0281. The summed E-state index contributed by atoms with van der Waals surface area (Å²) in [7, 11) is 0. The maximum absolute atomic E-state index is 12.6. The van der Waals surface area contributed by atoms with Gasteiger partial charge in [-0.3, -0.25) is 9.69 Å². The molecular formula is C17H24N6O3S. The van der Waals surface area contributed by atoms with Gasteiger partial charge in [-0.05, 0) is 17.8 Å². The van der Waals surface area contributed by atoms with Crippen LogP contribution in [0.3, 0.4) is 0 Å². The highest BCUT2D eigenvalue weighted by Gasteiger charge is 2.30. The first-order valence-electron chi connectivity index (χ1n) is 9.48. The van der Waals surface area contributed by atoms with E-state index in [1.807, 2.05) is 9.80 Å². The topological polar surface area (TPSA) is 87.2 Å². The Hall–Kier alpha value is -2.20. The molecule has 0 N–H and O–H groups in total.